The van der Waals surface area contributed by atoms with Crippen molar-refractivity contribution < 1.29 is 13.2 Å². The van der Waals surface area contributed by atoms with Crippen LogP contribution in [-0.2, 0) is 10.0 Å². The van der Waals surface area contributed by atoms with Gasteiger partial charge in [0.05, 0.1) is 18.0 Å². The third-order valence-corrected chi connectivity index (χ3v) is 3.63. The lowest BCUT2D eigenvalue weighted by Gasteiger charge is -2.09. The Kier molecular flexibility index (Phi) is 5.58. The maximum absolute atomic E-state index is 11.5. The lowest BCUT2D eigenvalue weighted by atomic mass is 10.3. The van der Waals surface area contributed by atoms with E-state index in [1.165, 1.54) is 0 Å². The zero-order valence-corrected chi connectivity index (χ0v) is 11.2. The summed E-state index contributed by atoms with van der Waals surface area (Å²) in [6.07, 6.45) is 0.905. The molecular weight excluding hydrogens is 262 g/mol. The Morgan fingerprint density at radius 3 is 2.82 bits per heavy atom. The molecule has 0 bridgehead atoms. The van der Waals surface area contributed by atoms with E-state index in [0.29, 0.717) is 18.0 Å². The Bertz CT molecular complexity index is 448. The minimum absolute atomic E-state index is 0.0708. The van der Waals surface area contributed by atoms with E-state index >= 15 is 0 Å². The minimum atomic E-state index is -3.36. The molecular formula is C11H16ClNO3S. The van der Waals surface area contributed by atoms with Crippen LogP contribution in [0.1, 0.15) is 13.3 Å². The summed E-state index contributed by atoms with van der Waals surface area (Å²) in [4.78, 5) is 0. The molecule has 0 aliphatic rings. The fourth-order valence-corrected chi connectivity index (χ4v) is 2.60. The first-order valence-corrected chi connectivity index (χ1v) is 7.55. The molecule has 0 aliphatic carbocycles. The van der Waals surface area contributed by atoms with Crippen molar-refractivity contribution in [2.45, 2.75) is 13.3 Å². The standard InChI is InChI=1S/C11H16ClNO3S/c1-2-7-16-11-5-3-4-10(9-11)13-17(14,15)8-6-12/h3-5,9,13H,2,6-8H2,1H3. The smallest absolute Gasteiger partial charge is 0.233 e. The van der Waals surface area contributed by atoms with Crippen LogP contribution in [0.25, 0.3) is 0 Å². The number of hydrogen-bond donors (Lipinski definition) is 1. The highest BCUT2D eigenvalue weighted by Gasteiger charge is 2.09. The van der Waals surface area contributed by atoms with Crippen molar-refractivity contribution in [1.29, 1.82) is 0 Å². The van der Waals surface area contributed by atoms with Gasteiger partial charge in [-0.1, -0.05) is 13.0 Å². The zero-order chi connectivity index (χ0) is 12.7. The van der Waals surface area contributed by atoms with E-state index in [2.05, 4.69) is 4.72 Å². The molecule has 96 valence electrons. The molecule has 0 saturated heterocycles. The lowest BCUT2D eigenvalue weighted by Crippen LogP contribution is -2.17. The molecule has 0 saturated carbocycles. The van der Waals surface area contributed by atoms with Crippen molar-refractivity contribution in [3.63, 3.8) is 0 Å². The number of halogens is 1. The summed E-state index contributed by atoms with van der Waals surface area (Å²) in [5.74, 6) is 0.619. The predicted molar refractivity (Wildman–Crippen MR) is 70.4 cm³/mol. The van der Waals surface area contributed by atoms with Gasteiger partial charge < -0.3 is 4.74 Å². The van der Waals surface area contributed by atoms with Gasteiger partial charge in [-0.3, -0.25) is 4.72 Å². The quantitative estimate of drug-likeness (QED) is 0.779. The molecule has 1 rings (SSSR count). The molecule has 0 aliphatic heterocycles. The highest BCUT2D eigenvalue weighted by molar-refractivity contribution is 7.92. The van der Waals surface area contributed by atoms with Gasteiger partial charge in [-0.05, 0) is 18.6 Å². The molecule has 0 unspecified atom stereocenters. The van der Waals surface area contributed by atoms with Crippen molar-refractivity contribution in [1.82, 2.24) is 0 Å². The summed E-state index contributed by atoms with van der Waals surface area (Å²) in [6.45, 7) is 2.62. The van der Waals surface area contributed by atoms with Gasteiger partial charge in [0.1, 0.15) is 5.75 Å². The maximum Gasteiger partial charge on any atom is 0.233 e. The second-order valence-electron chi connectivity index (χ2n) is 3.49. The second kappa shape index (κ2) is 6.71. The number of ether oxygens (including phenoxy) is 1. The molecule has 4 nitrogen and oxygen atoms in total. The zero-order valence-electron chi connectivity index (χ0n) is 9.65. The van der Waals surface area contributed by atoms with E-state index < -0.39 is 10.0 Å². The number of alkyl halides is 1. The molecule has 1 N–H and O–H groups in total. The Morgan fingerprint density at radius 1 is 1.41 bits per heavy atom. The van der Waals surface area contributed by atoms with E-state index in [1.807, 2.05) is 6.92 Å². The number of rotatable bonds is 7. The van der Waals surface area contributed by atoms with Crippen LogP contribution in [0.15, 0.2) is 24.3 Å². The van der Waals surface area contributed by atoms with Crippen molar-refractivity contribution in [3.8, 4) is 5.75 Å². The van der Waals surface area contributed by atoms with Crippen LogP contribution in [0.2, 0.25) is 0 Å². The van der Waals surface area contributed by atoms with Gasteiger partial charge in [-0.25, -0.2) is 8.42 Å². The molecule has 0 atom stereocenters. The van der Waals surface area contributed by atoms with E-state index in [-0.39, 0.29) is 11.6 Å². The second-order valence-corrected chi connectivity index (χ2v) is 5.71. The predicted octanol–water partition coefficient (Wildman–Crippen LogP) is 2.46. The first-order chi connectivity index (χ1) is 8.07. The van der Waals surface area contributed by atoms with Crippen LogP contribution in [0.3, 0.4) is 0 Å². The Balaban J connectivity index is 2.71. The molecule has 0 aromatic heterocycles. The average molecular weight is 278 g/mol. The van der Waals surface area contributed by atoms with Crippen LogP contribution in [0, 0.1) is 0 Å². The molecule has 0 radical (unpaired) electrons. The summed E-state index contributed by atoms with van der Waals surface area (Å²) in [7, 11) is -3.36. The number of sulfonamides is 1. The third-order valence-electron chi connectivity index (χ3n) is 1.93. The Hall–Kier alpha value is -0.940. The third kappa shape index (κ3) is 5.28. The molecule has 1 aromatic rings. The van der Waals surface area contributed by atoms with Crippen molar-refractivity contribution in [2.75, 3.05) is 23.0 Å². The Morgan fingerprint density at radius 2 is 2.18 bits per heavy atom. The summed E-state index contributed by atoms with van der Waals surface area (Å²) >= 11 is 5.41. The van der Waals surface area contributed by atoms with E-state index in [1.54, 1.807) is 24.3 Å². The van der Waals surface area contributed by atoms with Gasteiger partial charge in [0.15, 0.2) is 0 Å². The van der Waals surface area contributed by atoms with Gasteiger partial charge >= 0.3 is 0 Å². The molecule has 17 heavy (non-hydrogen) atoms. The summed E-state index contributed by atoms with van der Waals surface area (Å²) in [5, 5.41) is 0. The Labute approximate surface area is 107 Å². The van der Waals surface area contributed by atoms with Crippen LogP contribution >= 0.6 is 11.6 Å². The summed E-state index contributed by atoms with van der Waals surface area (Å²) < 4.78 is 30.8. The van der Waals surface area contributed by atoms with Crippen molar-refractivity contribution in [3.05, 3.63) is 24.3 Å². The number of benzene rings is 1. The highest BCUT2D eigenvalue weighted by atomic mass is 35.5. The molecule has 0 heterocycles. The molecule has 1 aromatic carbocycles. The highest BCUT2D eigenvalue weighted by Crippen LogP contribution is 2.18. The van der Waals surface area contributed by atoms with Gasteiger partial charge in [-0.2, -0.15) is 0 Å². The van der Waals surface area contributed by atoms with Crippen LogP contribution in [0.4, 0.5) is 5.69 Å². The number of nitrogens with one attached hydrogen (secondary N) is 1. The fraction of sp³-hybridized carbons (Fsp3) is 0.455. The average Bonchev–Trinajstić information content (AvgIpc) is 2.26. The summed E-state index contributed by atoms with van der Waals surface area (Å²) in [5.41, 5.74) is 0.490. The lowest BCUT2D eigenvalue weighted by molar-refractivity contribution is 0.317. The molecule has 0 fully saturated rings. The van der Waals surface area contributed by atoms with Gasteiger partial charge in [0.2, 0.25) is 10.0 Å². The van der Waals surface area contributed by atoms with Gasteiger partial charge in [-0.15, -0.1) is 11.6 Å². The largest absolute Gasteiger partial charge is 0.494 e. The fourth-order valence-electron chi connectivity index (χ4n) is 1.20. The maximum atomic E-state index is 11.5. The summed E-state index contributed by atoms with van der Waals surface area (Å²) in [6, 6.07) is 6.85. The first-order valence-electron chi connectivity index (χ1n) is 5.36. The van der Waals surface area contributed by atoms with Crippen molar-refractivity contribution >= 4 is 27.3 Å². The van der Waals surface area contributed by atoms with Crippen LogP contribution in [-0.4, -0.2) is 26.7 Å². The molecule has 0 spiro atoms. The monoisotopic (exact) mass is 277 g/mol. The minimum Gasteiger partial charge on any atom is -0.494 e. The topological polar surface area (TPSA) is 55.4 Å². The number of hydrogen-bond acceptors (Lipinski definition) is 3. The van der Waals surface area contributed by atoms with E-state index in [9.17, 15) is 8.42 Å². The molecule has 0 amide bonds. The van der Waals surface area contributed by atoms with Crippen LogP contribution < -0.4 is 9.46 Å². The molecule has 6 heteroatoms. The van der Waals surface area contributed by atoms with Gasteiger partial charge in [0.25, 0.3) is 0 Å². The number of anilines is 1. The van der Waals surface area contributed by atoms with Crippen LogP contribution in [0.5, 0.6) is 5.75 Å². The van der Waals surface area contributed by atoms with E-state index in [0.717, 1.165) is 6.42 Å². The van der Waals surface area contributed by atoms with E-state index in [4.69, 9.17) is 16.3 Å². The normalized spacial score (nSPS) is 11.2. The SMILES string of the molecule is CCCOc1cccc(NS(=O)(=O)CCCl)c1. The first kappa shape index (κ1) is 14.1. The van der Waals surface area contributed by atoms with Gasteiger partial charge in [0, 0.05) is 11.9 Å². The van der Waals surface area contributed by atoms with Crippen molar-refractivity contribution in [2.24, 2.45) is 0 Å².